The van der Waals surface area contributed by atoms with E-state index in [1.54, 1.807) is 4.90 Å². The number of hydrogen-bond donors (Lipinski definition) is 2. The van der Waals surface area contributed by atoms with Gasteiger partial charge in [0.2, 0.25) is 5.88 Å². The summed E-state index contributed by atoms with van der Waals surface area (Å²) in [5.74, 6) is -0.513. The van der Waals surface area contributed by atoms with E-state index in [4.69, 9.17) is 4.74 Å². The number of pyridine rings is 1. The lowest BCUT2D eigenvalue weighted by Crippen LogP contribution is -2.56. The van der Waals surface area contributed by atoms with Gasteiger partial charge < -0.3 is 20.1 Å². The van der Waals surface area contributed by atoms with Crippen LogP contribution in [0.1, 0.15) is 53.0 Å². The van der Waals surface area contributed by atoms with Gasteiger partial charge in [0.15, 0.2) is 0 Å². The molecule has 0 unspecified atom stereocenters. The Morgan fingerprint density at radius 3 is 2.64 bits per heavy atom. The number of aromatic nitrogens is 1. The quantitative estimate of drug-likeness (QED) is 0.427. The minimum Gasteiger partial charge on any atom is -0.493 e. The number of amides is 1. The Balaban J connectivity index is 1.50. The Labute approximate surface area is 210 Å². The third-order valence-electron chi connectivity index (χ3n) is 6.50. The summed E-state index contributed by atoms with van der Waals surface area (Å²) in [5, 5.41) is 12.9. The molecule has 9 heteroatoms. The van der Waals surface area contributed by atoms with E-state index in [0.29, 0.717) is 24.8 Å². The molecule has 1 aliphatic carbocycles. The van der Waals surface area contributed by atoms with Crippen LogP contribution in [-0.4, -0.2) is 57.2 Å². The number of rotatable bonds is 6. The fourth-order valence-electron chi connectivity index (χ4n) is 5.05. The maximum Gasteiger partial charge on any atom is 0.410 e. The van der Waals surface area contributed by atoms with Crippen molar-refractivity contribution in [2.45, 2.75) is 71.1 Å². The molecule has 1 aromatic heterocycles. The molecule has 2 saturated heterocycles. The lowest BCUT2D eigenvalue weighted by atomic mass is 9.73. The van der Waals surface area contributed by atoms with Gasteiger partial charge >= 0.3 is 6.09 Å². The molecule has 1 saturated carbocycles. The molecule has 3 fully saturated rings. The van der Waals surface area contributed by atoms with Crippen molar-refractivity contribution in [2.75, 3.05) is 13.1 Å². The van der Waals surface area contributed by atoms with Gasteiger partial charge in [0.1, 0.15) is 23.1 Å². The molecule has 1 amide bonds. The van der Waals surface area contributed by atoms with Crippen LogP contribution in [0.4, 0.5) is 13.6 Å². The molecule has 2 aromatic rings. The SMILES string of the molecule is CC(C)/N=C(/Cc1cc(F)c(-c2cccc(O)n2)cc1F)NCC12CC(CN1C(=O)OC(C)(C)C)C2. The van der Waals surface area contributed by atoms with Crippen molar-refractivity contribution in [3.63, 3.8) is 0 Å². The summed E-state index contributed by atoms with van der Waals surface area (Å²) in [7, 11) is 0. The van der Waals surface area contributed by atoms with Gasteiger partial charge in [-0.1, -0.05) is 6.07 Å². The van der Waals surface area contributed by atoms with Crippen molar-refractivity contribution in [3.05, 3.63) is 47.5 Å². The van der Waals surface area contributed by atoms with E-state index in [0.717, 1.165) is 25.0 Å². The van der Waals surface area contributed by atoms with E-state index >= 15 is 4.39 Å². The van der Waals surface area contributed by atoms with Crippen LogP contribution in [0.15, 0.2) is 35.3 Å². The molecular formula is C27H34F2N4O3. The zero-order valence-corrected chi connectivity index (χ0v) is 21.4. The van der Waals surface area contributed by atoms with Crippen molar-refractivity contribution in [1.29, 1.82) is 0 Å². The molecule has 3 heterocycles. The highest BCUT2D eigenvalue weighted by molar-refractivity contribution is 5.85. The van der Waals surface area contributed by atoms with Crippen molar-refractivity contribution >= 4 is 11.9 Å². The number of aromatic hydroxyl groups is 1. The number of halogens is 2. The number of nitrogens with one attached hydrogen (secondary N) is 1. The van der Waals surface area contributed by atoms with Crippen molar-refractivity contribution in [1.82, 2.24) is 15.2 Å². The maximum atomic E-state index is 15.1. The topological polar surface area (TPSA) is 87.1 Å². The minimum absolute atomic E-state index is 0.0270. The fourth-order valence-corrected chi connectivity index (χ4v) is 5.05. The summed E-state index contributed by atoms with van der Waals surface area (Å²) in [6, 6.07) is 6.57. The number of fused-ring (bicyclic) bond motifs is 1. The lowest BCUT2D eigenvalue weighted by molar-refractivity contribution is 0.00798. The minimum atomic E-state index is -0.638. The molecule has 3 aliphatic rings. The standard InChI is InChI=1S/C27H34F2N4O3/c1-16(2)31-23(30-15-27-12-17(13-27)14-33(27)25(35)36-26(3,4)5)10-18-9-21(29)19(11-20(18)28)22-7-6-8-24(34)32-22/h6-9,11,16-17H,10,12-15H2,1-5H3,(H,30,31)(H,32,34). The Morgan fingerprint density at radius 1 is 1.28 bits per heavy atom. The van der Waals surface area contributed by atoms with Crippen LogP contribution < -0.4 is 5.32 Å². The molecule has 2 N–H and O–H groups in total. The molecule has 36 heavy (non-hydrogen) atoms. The van der Waals surface area contributed by atoms with Crippen LogP contribution in [0.2, 0.25) is 0 Å². The number of benzene rings is 1. The van der Waals surface area contributed by atoms with E-state index in [-0.39, 0.29) is 46.8 Å². The monoisotopic (exact) mass is 500 g/mol. The Hall–Kier alpha value is -3.23. The highest BCUT2D eigenvalue weighted by Crippen LogP contribution is 2.50. The first kappa shape index (κ1) is 25.9. The Kier molecular flexibility index (Phi) is 6.94. The van der Waals surface area contributed by atoms with Gasteiger partial charge in [0, 0.05) is 37.2 Å². The van der Waals surface area contributed by atoms with E-state index in [2.05, 4.69) is 15.3 Å². The highest BCUT2D eigenvalue weighted by Gasteiger charge is 2.58. The first-order valence-corrected chi connectivity index (χ1v) is 12.3. The van der Waals surface area contributed by atoms with E-state index in [1.807, 2.05) is 34.6 Å². The lowest BCUT2D eigenvalue weighted by Gasteiger charge is -2.42. The number of hydrogen-bond acceptors (Lipinski definition) is 5. The van der Waals surface area contributed by atoms with E-state index in [9.17, 15) is 14.3 Å². The van der Waals surface area contributed by atoms with Crippen molar-refractivity contribution in [3.8, 4) is 17.1 Å². The summed E-state index contributed by atoms with van der Waals surface area (Å²) < 4.78 is 35.6. The zero-order valence-electron chi connectivity index (χ0n) is 21.4. The number of nitrogens with zero attached hydrogens (tertiary/aromatic N) is 3. The van der Waals surface area contributed by atoms with Crippen LogP contribution in [-0.2, 0) is 11.2 Å². The third kappa shape index (κ3) is 5.60. The number of aliphatic imine (C=N–C) groups is 1. The van der Waals surface area contributed by atoms with Crippen LogP contribution in [0.25, 0.3) is 11.3 Å². The number of carbonyl (C=O) groups is 1. The predicted octanol–water partition coefficient (Wildman–Crippen LogP) is 5.07. The fraction of sp³-hybridized carbons (Fsp3) is 0.519. The summed E-state index contributed by atoms with van der Waals surface area (Å²) >= 11 is 0. The normalized spacial score (nSPS) is 21.5. The predicted molar refractivity (Wildman–Crippen MR) is 134 cm³/mol. The molecule has 7 nitrogen and oxygen atoms in total. The largest absolute Gasteiger partial charge is 0.493 e. The number of carbonyl (C=O) groups excluding carboxylic acids is 1. The number of ether oxygens (including phenoxy) is 1. The summed E-state index contributed by atoms with van der Waals surface area (Å²) in [5.41, 5.74) is -0.665. The summed E-state index contributed by atoms with van der Waals surface area (Å²) in [6.07, 6.45) is 1.50. The smallest absolute Gasteiger partial charge is 0.410 e. The third-order valence-corrected chi connectivity index (χ3v) is 6.50. The van der Waals surface area contributed by atoms with Gasteiger partial charge in [-0.3, -0.25) is 4.99 Å². The van der Waals surface area contributed by atoms with Gasteiger partial charge in [0.05, 0.1) is 11.2 Å². The zero-order chi connectivity index (χ0) is 26.3. The molecule has 5 rings (SSSR count). The van der Waals surface area contributed by atoms with Crippen LogP contribution >= 0.6 is 0 Å². The molecule has 194 valence electrons. The molecular weight excluding hydrogens is 466 g/mol. The van der Waals surface area contributed by atoms with Crippen molar-refractivity contribution < 1.29 is 23.4 Å². The summed E-state index contributed by atoms with van der Waals surface area (Å²) in [4.78, 5) is 23.1. The Bertz CT molecular complexity index is 1170. The molecule has 0 spiro atoms. The van der Waals surface area contributed by atoms with Crippen molar-refractivity contribution in [2.24, 2.45) is 10.9 Å². The molecule has 2 aliphatic heterocycles. The van der Waals surface area contributed by atoms with Crippen LogP contribution in [0, 0.1) is 17.6 Å². The van der Waals surface area contributed by atoms with E-state index < -0.39 is 17.2 Å². The Morgan fingerprint density at radius 2 is 2.00 bits per heavy atom. The maximum absolute atomic E-state index is 15.1. The molecule has 0 atom stereocenters. The van der Waals surface area contributed by atoms with Crippen LogP contribution in [0.3, 0.4) is 0 Å². The second-order valence-corrected chi connectivity index (χ2v) is 11.1. The van der Waals surface area contributed by atoms with Gasteiger partial charge in [-0.15, -0.1) is 0 Å². The average Bonchev–Trinajstić information content (AvgIpc) is 3.29. The summed E-state index contributed by atoms with van der Waals surface area (Å²) in [6.45, 7) is 10.5. The second-order valence-electron chi connectivity index (χ2n) is 11.1. The van der Waals surface area contributed by atoms with Gasteiger partial charge in [0.25, 0.3) is 0 Å². The van der Waals surface area contributed by atoms with Gasteiger partial charge in [-0.05, 0) is 77.1 Å². The van der Waals surface area contributed by atoms with Gasteiger partial charge in [-0.25, -0.2) is 18.6 Å². The molecule has 2 bridgehead atoms. The van der Waals surface area contributed by atoms with Crippen LogP contribution in [0.5, 0.6) is 5.88 Å². The second kappa shape index (κ2) is 9.67. The first-order valence-electron chi connectivity index (χ1n) is 12.3. The average molecular weight is 501 g/mol. The highest BCUT2D eigenvalue weighted by atomic mass is 19.1. The number of amidine groups is 1. The molecule has 0 radical (unpaired) electrons. The first-order chi connectivity index (χ1) is 16.8. The van der Waals surface area contributed by atoms with E-state index in [1.165, 1.54) is 18.2 Å². The van der Waals surface area contributed by atoms with Gasteiger partial charge in [-0.2, -0.15) is 0 Å². The molecule has 1 aromatic carbocycles.